The molecule has 7 aromatic rings. The molecule has 0 saturated heterocycles. The van der Waals surface area contributed by atoms with Crippen molar-refractivity contribution in [2.75, 3.05) is 10.6 Å². The van der Waals surface area contributed by atoms with E-state index >= 15 is 0 Å². The third kappa shape index (κ3) is 8.79. The summed E-state index contributed by atoms with van der Waals surface area (Å²) in [5, 5.41) is 8.16. The molecule has 1 heterocycles. The van der Waals surface area contributed by atoms with E-state index in [1.54, 1.807) is 36.4 Å². The lowest BCUT2D eigenvalue weighted by Gasteiger charge is -2.18. The van der Waals surface area contributed by atoms with Crippen LogP contribution in [0.2, 0.25) is 0 Å². The lowest BCUT2D eigenvalue weighted by atomic mass is 10.1. The van der Waals surface area contributed by atoms with Crippen molar-refractivity contribution < 1.29 is 18.8 Å². The minimum absolute atomic E-state index is 0.0874. The average Bonchev–Trinajstić information content (AvgIpc) is 3.63. The molecule has 0 fully saturated rings. The molecule has 260 valence electrons. The number of aryl methyl sites for hydroxylation is 1. The van der Waals surface area contributed by atoms with Gasteiger partial charge in [-0.25, -0.2) is 4.98 Å². The summed E-state index contributed by atoms with van der Waals surface area (Å²) >= 11 is 1.36. The summed E-state index contributed by atoms with van der Waals surface area (Å²) in [5.74, 6) is -0.598. The van der Waals surface area contributed by atoms with Crippen molar-refractivity contribution in [1.82, 2.24) is 10.3 Å². The van der Waals surface area contributed by atoms with E-state index in [0.717, 1.165) is 32.7 Å². The Hall–Kier alpha value is -6.71. The second-order valence-electron chi connectivity index (χ2n) is 12.2. The number of rotatable bonds is 11. The molecule has 1 atom stereocenters. The Morgan fingerprint density at radius 1 is 0.698 bits per heavy atom. The van der Waals surface area contributed by atoms with Gasteiger partial charge >= 0.3 is 0 Å². The number of para-hydroxylation sites is 2. The first-order valence-corrected chi connectivity index (χ1v) is 17.8. The zero-order chi connectivity index (χ0) is 36.6. The molecule has 53 heavy (non-hydrogen) atoms. The lowest BCUT2D eigenvalue weighted by Crippen LogP contribution is -2.30. The molecule has 0 bridgehead atoms. The quantitative estimate of drug-likeness (QED) is 0.0909. The van der Waals surface area contributed by atoms with Gasteiger partial charge in [-0.05, 0) is 90.9 Å². The number of nitrogens with zero attached hydrogens (tertiary/aromatic N) is 1. The van der Waals surface area contributed by atoms with Crippen molar-refractivity contribution in [2.45, 2.75) is 17.1 Å². The lowest BCUT2D eigenvalue weighted by molar-refractivity contribution is -0.116. The summed E-state index contributed by atoms with van der Waals surface area (Å²) < 4.78 is 5.90. The topological polar surface area (TPSA) is 113 Å². The fourth-order valence-corrected chi connectivity index (χ4v) is 6.64. The Bertz CT molecular complexity index is 2380. The van der Waals surface area contributed by atoms with Gasteiger partial charge in [-0.2, -0.15) is 0 Å². The van der Waals surface area contributed by atoms with Gasteiger partial charge < -0.3 is 20.4 Å². The predicted molar refractivity (Wildman–Crippen MR) is 211 cm³/mol. The Morgan fingerprint density at radius 2 is 1.40 bits per heavy atom. The second-order valence-corrected chi connectivity index (χ2v) is 13.4. The molecule has 0 aliphatic rings. The number of carbonyl (C=O) groups is 3. The van der Waals surface area contributed by atoms with Gasteiger partial charge in [0.25, 0.3) is 11.8 Å². The number of oxazole rings is 1. The van der Waals surface area contributed by atoms with E-state index in [1.807, 2.05) is 134 Å². The SMILES string of the molecule is Cc1ccc(/C=C(\NC(=O)c2ccccc2)C(=O)Nc2cccc(SC(C(=O)Nc3ccc(-c4nc5ccccc5o4)cc3)c3ccccc3)c2)cc1. The van der Waals surface area contributed by atoms with Crippen LogP contribution in [0.4, 0.5) is 11.4 Å². The van der Waals surface area contributed by atoms with Crippen LogP contribution < -0.4 is 16.0 Å². The van der Waals surface area contributed by atoms with Crippen LogP contribution in [0.1, 0.15) is 32.3 Å². The number of nitrogens with one attached hydrogen (secondary N) is 3. The molecule has 8 nitrogen and oxygen atoms in total. The van der Waals surface area contributed by atoms with Crippen molar-refractivity contribution in [3.63, 3.8) is 0 Å². The van der Waals surface area contributed by atoms with Crippen molar-refractivity contribution in [3.8, 4) is 11.5 Å². The number of anilines is 2. The van der Waals surface area contributed by atoms with Gasteiger partial charge in [-0.3, -0.25) is 14.4 Å². The maximum Gasteiger partial charge on any atom is 0.272 e. The number of carbonyl (C=O) groups excluding carboxylic acids is 3. The molecule has 0 saturated carbocycles. The number of aromatic nitrogens is 1. The zero-order valence-electron chi connectivity index (χ0n) is 28.7. The Labute approximate surface area is 311 Å². The van der Waals surface area contributed by atoms with Crippen LogP contribution >= 0.6 is 11.8 Å². The Balaban J connectivity index is 1.08. The maximum absolute atomic E-state index is 13.9. The minimum Gasteiger partial charge on any atom is -0.436 e. The molecule has 1 aromatic heterocycles. The summed E-state index contributed by atoms with van der Waals surface area (Å²) in [4.78, 5) is 46.0. The molecule has 3 N–H and O–H groups in total. The fourth-order valence-electron chi connectivity index (χ4n) is 5.55. The number of benzene rings is 6. The van der Waals surface area contributed by atoms with Gasteiger partial charge in [0.05, 0.1) is 0 Å². The fraction of sp³-hybridized carbons (Fsp3) is 0.0455. The second kappa shape index (κ2) is 16.1. The number of hydrogen-bond donors (Lipinski definition) is 3. The van der Waals surface area contributed by atoms with E-state index in [2.05, 4.69) is 20.9 Å². The summed E-state index contributed by atoms with van der Waals surface area (Å²) in [6, 6.07) is 48.1. The molecule has 3 amide bonds. The first-order valence-electron chi connectivity index (χ1n) is 16.9. The molecule has 0 radical (unpaired) electrons. The largest absolute Gasteiger partial charge is 0.436 e. The first kappa shape index (κ1) is 34.7. The van der Waals surface area contributed by atoms with Crippen molar-refractivity contribution in [1.29, 1.82) is 0 Å². The highest BCUT2D eigenvalue weighted by atomic mass is 32.2. The molecule has 6 aromatic carbocycles. The molecule has 7 rings (SSSR count). The van der Waals surface area contributed by atoms with Crippen LogP contribution in [0.3, 0.4) is 0 Å². The van der Waals surface area contributed by atoms with Crippen molar-refractivity contribution >= 4 is 58.0 Å². The molecule has 0 spiro atoms. The summed E-state index contributed by atoms with van der Waals surface area (Å²) in [5.41, 5.74) is 6.59. The highest BCUT2D eigenvalue weighted by Gasteiger charge is 2.23. The molecule has 0 aliphatic carbocycles. The summed E-state index contributed by atoms with van der Waals surface area (Å²) in [6.45, 7) is 1.98. The predicted octanol–water partition coefficient (Wildman–Crippen LogP) is 9.68. The van der Waals surface area contributed by atoms with Gasteiger partial charge in [0.2, 0.25) is 11.8 Å². The van der Waals surface area contributed by atoms with Crippen LogP contribution in [-0.2, 0) is 9.59 Å². The first-order chi connectivity index (χ1) is 25.9. The third-order valence-corrected chi connectivity index (χ3v) is 9.54. The Kier molecular flexibility index (Phi) is 10.5. The van der Waals surface area contributed by atoms with Gasteiger partial charge in [-0.15, -0.1) is 11.8 Å². The normalized spacial score (nSPS) is 11.8. The zero-order valence-corrected chi connectivity index (χ0v) is 29.5. The maximum atomic E-state index is 13.9. The molecular formula is C44H34N4O4S. The van der Waals surface area contributed by atoms with Gasteiger partial charge in [0.1, 0.15) is 16.5 Å². The highest BCUT2D eigenvalue weighted by molar-refractivity contribution is 8.00. The smallest absolute Gasteiger partial charge is 0.272 e. The summed E-state index contributed by atoms with van der Waals surface area (Å²) in [6.07, 6.45) is 1.64. The third-order valence-electron chi connectivity index (χ3n) is 8.30. The number of hydrogen-bond acceptors (Lipinski definition) is 6. The average molecular weight is 715 g/mol. The highest BCUT2D eigenvalue weighted by Crippen LogP contribution is 2.37. The van der Waals surface area contributed by atoms with Crippen LogP contribution in [0.15, 0.2) is 173 Å². The van der Waals surface area contributed by atoms with Crippen LogP contribution in [-0.4, -0.2) is 22.7 Å². The van der Waals surface area contributed by atoms with Crippen LogP contribution in [0.25, 0.3) is 28.6 Å². The Morgan fingerprint density at radius 3 is 2.13 bits per heavy atom. The van der Waals surface area contributed by atoms with E-state index in [1.165, 1.54) is 11.8 Å². The number of amides is 3. The van der Waals surface area contributed by atoms with Gasteiger partial charge in [0.15, 0.2) is 5.58 Å². The van der Waals surface area contributed by atoms with E-state index in [4.69, 9.17) is 4.42 Å². The monoisotopic (exact) mass is 714 g/mol. The van der Waals surface area contributed by atoms with E-state index in [-0.39, 0.29) is 11.6 Å². The van der Waals surface area contributed by atoms with Crippen LogP contribution in [0.5, 0.6) is 0 Å². The van der Waals surface area contributed by atoms with E-state index < -0.39 is 17.1 Å². The molecule has 9 heteroatoms. The minimum atomic E-state index is -0.610. The van der Waals surface area contributed by atoms with Gasteiger partial charge in [0, 0.05) is 27.4 Å². The number of fused-ring (bicyclic) bond motifs is 1. The molecular weight excluding hydrogens is 681 g/mol. The van der Waals surface area contributed by atoms with Crippen molar-refractivity contribution in [3.05, 3.63) is 186 Å². The summed E-state index contributed by atoms with van der Waals surface area (Å²) in [7, 11) is 0. The molecule has 1 unspecified atom stereocenters. The standard InChI is InChI=1S/C44H34N4O4S/c1-29-19-21-30(22-20-29)27-38(47-41(49)32-13-6-3-7-14-32)42(50)46-35-15-10-16-36(28-35)53-40(31-11-4-2-5-12-31)43(51)45-34-25-23-33(24-26-34)44-48-37-17-8-9-18-39(37)52-44/h2-28,40H,1H3,(H,45,51)(H,46,50)(H,47,49)/b38-27-. The number of thioether (sulfide) groups is 1. The molecule has 0 aliphatic heterocycles. The van der Waals surface area contributed by atoms with Crippen LogP contribution in [0, 0.1) is 6.92 Å². The van der Waals surface area contributed by atoms with Gasteiger partial charge in [-0.1, -0.05) is 96.6 Å². The van der Waals surface area contributed by atoms with E-state index in [9.17, 15) is 14.4 Å². The van der Waals surface area contributed by atoms with E-state index in [0.29, 0.717) is 28.4 Å². The van der Waals surface area contributed by atoms with Crippen molar-refractivity contribution in [2.24, 2.45) is 0 Å².